The second kappa shape index (κ2) is 4.73. The van der Waals surface area contributed by atoms with Gasteiger partial charge in [-0.05, 0) is 12.3 Å². The number of nitrogens with zero attached hydrogens (tertiary/aromatic N) is 2. The van der Waals surface area contributed by atoms with Gasteiger partial charge in [-0.15, -0.1) is 10.2 Å². The minimum Gasteiger partial charge on any atom is -0.374 e. The molecule has 1 saturated carbocycles. The Kier molecular flexibility index (Phi) is 3.35. The third kappa shape index (κ3) is 2.67. The van der Waals surface area contributed by atoms with Gasteiger partial charge in [0.25, 0.3) is 0 Å². The van der Waals surface area contributed by atoms with Crippen LogP contribution in [0.5, 0.6) is 0 Å². The van der Waals surface area contributed by atoms with E-state index in [-0.39, 0.29) is 0 Å². The minimum absolute atomic E-state index is 0.598. The van der Waals surface area contributed by atoms with Crippen LogP contribution in [0.4, 0.5) is 5.13 Å². The largest absolute Gasteiger partial charge is 0.374 e. The first-order chi connectivity index (χ1) is 6.84. The molecule has 1 heterocycles. The van der Waals surface area contributed by atoms with Gasteiger partial charge in [0.15, 0.2) is 0 Å². The third-order valence-corrected chi connectivity index (χ3v) is 3.77. The van der Waals surface area contributed by atoms with Crippen LogP contribution in [-0.2, 0) is 6.42 Å². The Morgan fingerprint density at radius 2 is 2.07 bits per heavy atom. The number of rotatable bonds is 4. The van der Waals surface area contributed by atoms with Crippen molar-refractivity contribution in [2.24, 2.45) is 5.92 Å². The van der Waals surface area contributed by atoms with E-state index in [2.05, 4.69) is 10.2 Å². The van der Waals surface area contributed by atoms with Crippen LogP contribution in [-0.4, -0.2) is 10.2 Å². The Labute approximate surface area is 88.7 Å². The topological polar surface area (TPSA) is 51.8 Å². The number of hydrogen-bond acceptors (Lipinski definition) is 4. The third-order valence-electron chi connectivity index (χ3n) is 2.96. The van der Waals surface area contributed by atoms with Gasteiger partial charge < -0.3 is 5.73 Å². The van der Waals surface area contributed by atoms with Crippen LogP contribution in [0, 0.1) is 5.92 Å². The van der Waals surface area contributed by atoms with E-state index >= 15 is 0 Å². The molecule has 4 heteroatoms. The standard InChI is InChI=1S/C10H17N3S/c11-10-13-12-9(14-10)7-3-6-8-4-1-2-5-8/h8H,1-7H2,(H2,11,13). The first kappa shape index (κ1) is 9.90. The summed E-state index contributed by atoms with van der Waals surface area (Å²) in [5.74, 6) is 0.986. The second-order valence-corrected chi connectivity index (χ2v) is 5.17. The Hall–Kier alpha value is -0.640. The zero-order chi connectivity index (χ0) is 9.80. The molecular weight excluding hydrogens is 194 g/mol. The predicted molar refractivity (Wildman–Crippen MR) is 59.2 cm³/mol. The van der Waals surface area contributed by atoms with Crippen molar-refractivity contribution < 1.29 is 0 Å². The van der Waals surface area contributed by atoms with E-state index in [9.17, 15) is 0 Å². The summed E-state index contributed by atoms with van der Waals surface area (Å²) in [6, 6.07) is 0. The fourth-order valence-electron chi connectivity index (χ4n) is 2.21. The molecule has 1 aliphatic carbocycles. The van der Waals surface area contributed by atoms with E-state index < -0.39 is 0 Å². The van der Waals surface area contributed by atoms with Crippen LogP contribution in [0.3, 0.4) is 0 Å². The summed E-state index contributed by atoms with van der Waals surface area (Å²) in [5, 5.41) is 9.53. The van der Waals surface area contributed by atoms with Crippen LogP contribution in [0.15, 0.2) is 0 Å². The van der Waals surface area contributed by atoms with Crippen molar-refractivity contribution in [2.45, 2.75) is 44.9 Å². The number of nitrogens with two attached hydrogens (primary N) is 1. The Morgan fingerprint density at radius 3 is 2.71 bits per heavy atom. The SMILES string of the molecule is Nc1nnc(CCCC2CCCC2)s1. The molecule has 0 aliphatic heterocycles. The number of anilines is 1. The normalized spacial score (nSPS) is 17.7. The molecule has 0 radical (unpaired) electrons. The van der Waals surface area contributed by atoms with Gasteiger partial charge >= 0.3 is 0 Å². The molecule has 2 rings (SSSR count). The molecule has 0 atom stereocenters. The zero-order valence-corrected chi connectivity index (χ0v) is 9.22. The summed E-state index contributed by atoms with van der Waals surface area (Å²) in [6.45, 7) is 0. The van der Waals surface area contributed by atoms with Crippen molar-refractivity contribution in [3.05, 3.63) is 5.01 Å². The number of nitrogen functional groups attached to an aromatic ring is 1. The number of aromatic nitrogens is 2. The maximum absolute atomic E-state index is 5.52. The smallest absolute Gasteiger partial charge is 0.203 e. The highest BCUT2D eigenvalue weighted by Gasteiger charge is 2.14. The van der Waals surface area contributed by atoms with E-state index in [1.165, 1.54) is 49.9 Å². The lowest BCUT2D eigenvalue weighted by Crippen LogP contribution is -1.94. The van der Waals surface area contributed by atoms with Gasteiger partial charge in [0.05, 0.1) is 0 Å². The van der Waals surface area contributed by atoms with Gasteiger partial charge in [0.2, 0.25) is 5.13 Å². The fraction of sp³-hybridized carbons (Fsp3) is 0.800. The molecule has 3 nitrogen and oxygen atoms in total. The average Bonchev–Trinajstić information content (AvgIpc) is 2.77. The lowest BCUT2D eigenvalue weighted by Gasteiger charge is -2.06. The summed E-state index contributed by atoms with van der Waals surface area (Å²) in [5.41, 5.74) is 5.52. The lowest BCUT2D eigenvalue weighted by molar-refractivity contribution is 0.483. The van der Waals surface area contributed by atoms with Crippen molar-refractivity contribution in [3.63, 3.8) is 0 Å². The summed E-state index contributed by atoms with van der Waals surface area (Å²) in [7, 11) is 0. The first-order valence-corrected chi connectivity index (χ1v) is 6.24. The van der Waals surface area contributed by atoms with Gasteiger partial charge in [-0.2, -0.15) is 0 Å². The van der Waals surface area contributed by atoms with E-state index in [1.807, 2.05) is 0 Å². The number of aryl methyl sites for hydroxylation is 1. The molecule has 0 unspecified atom stereocenters. The highest BCUT2D eigenvalue weighted by Crippen LogP contribution is 2.29. The molecule has 0 aromatic carbocycles. The summed E-state index contributed by atoms with van der Waals surface area (Å²) in [6.07, 6.45) is 9.44. The average molecular weight is 211 g/mol. The van der Waals surface area contributed by atoms with Crippen molar-refractivity contribution >= 4 is 16.5 Å². The summed E-state index contributed by atoms with van der Waals surface area (Å²) >= 11 is 1.53. The zero-order valence-electron chi connectivity index (χ0n) is 8.41. The van der Waals surface area contributed by atoms with Crippen LogP contribution >= 0.6 is 11.3 Å². The molecule has 0 saturated heterocycles. The molecule has 0 bridgehead atoms. The molecule has 78 valence electrons. The van der Waals surface area contributed by atoms with Crippen LogP contribution < -0.4 is 5.73 Å². The van der Waals surface area contributed by atoms with E-state index in [4.69, 9.17) is 5.73 Å². The molecule has 1 aromatic rings. The van der Waals surface area contributed by atoms with Crippen LogP contribution in [0.1, 0.15) is 43.5 Å². The summed E-state index contributed by atoms with van der Waals surface area (Å²) in [4.78, 5) is 0. The molecule has 0 spiro atoms. The molecule has 1 aliphatic rings. The summed E-state index contributed by atoms with van der Waals surface area (Å²) < 4.78 is 0. The Balaban J connectivity index is 1.67. The van der Waals surface area contributed by atoms with Crippen molar-refractivity contribution in [2.75, 3.05) is 5.73 Å². The lowest BCUT2D eigenvalue weighted by atomic mass is 10.0. The van der Waals surface area contributed by atoms with Crippen LogP contribution in [0.25, 0.3) is 0 Å². The van der Waals surface area contributed by atoms with E-state index in [0.29, 0.717) is 5.13 Å². The second-order valence-electron chi connectivity index (χ2n) is 4.08. The monoisotopic (exact) mass is 211 g/mol. The number of hydrogen-bond donors (Lipinski definition) is 1. The molecular formula is C10H17N3S. The van der Waals surface area contributed by atoms with Crippen LogP contribution in [0.2, 0.25) is 0 Å². The maximum atomic E-state index is 5.52. The van der Waals surface area contributed by atoms with Crippen molar-refractivity contribution in [1.82, 2.24) is 10.2 Å². The van der Waals surface area contributed by atoms with E-state index in [0.717, 1.165) is 17.3 Å². The fourth-order valence-corrected chi connectivity index (χ4v) is 2.86. The van der Waals surface area contributed by atoms with Gasteiger partial charge in [-0.25, -0.2) is 0 Å². The van der Waals surface area contributed by atoms with Gasteiger partial charge in [-0.1, -0.05) is 43.4 Å². The van der Waals surface area contributed by atoms with Gasteiger partial charge in [0, 0.05) is 6.42 Å². The quantitative estimate of drug-likeness (QED) is 0.833. The van der Waals surface area contributed by atoms with E-state index in [1.54, 1.807) is 0 Å². The van der Waals surface area contributed by atoms with Crippen molar-refractivity contribution in [3.8, 4) is 0 Å². The molecule has 14 heavy (non-hydrogen) atoms. The van der Waals surface area contributed by atoms with Crippen molar-refractivity contribution in [1.29, 1.82) is 0 Å². The molecule has 0 amide bonds. The minimum atomic E-state index is 0.598. The van der Waals surface area contributed by atoms with Gasteiger partial charge in [-0.3, -0.25) is 0 Å². The molecule has 1 aromatic heterocycles. The predicted octanol–water partition coefficient (Wildman–Crippen LogP) is 2.63. The van der Waals surface area contributed by atoms with Gasteiger partial charge in [0.1, 0.15) is 5.01 Å². The Morgan fingerprint density at radius 1 is 1.29 bits per heavy atom. The first-order valence-electron chi connectivity index (χ1n) is 5.42. The Bertz CT molecular complexity index is 279. The highest BCUT2D eigenvalue weighted by molar-refractivity contribution is 7.15. The molecule has 1 fully saturated rings. The molecule has 2 N–H and O–H groups in total. The highest BCUT2D eigenvalue weighted by atomic mass is 32.1. The maximum Gasteiger partial charge on any atom is 0.203 e.